The van der Waals surface area contributed by atoms with Gasteiger partial charge in [-0.05, 0) is 61.9 Å². The van der Waals surface area contributed by atoms with E-state index in [1.807, 2.05) is 48.7 Å². The van der Waals surface area contributed by atoms with E-state index in [1.54, 1.807) is 17.0 Å². The Morgan fingerprint density at radius 2 is 1.66 bits per heavy atom. The lowest BCUT2D eigenvalue weighted by Gasteiger charge is -2.36. The van der Waals surface area contributed by atoms with Crippen LogP contribution < -0.4 is 4.90 Å². The number of carbonyl (C=O) groups is 1. The third-order valence-corrected chi connectivity index (χ3v) is 5.88. The highest BCUT2D eigenvalue weighted by Gasteiger charge is 2.24. The van der Waals surface area contributed by atoms with Gasteiger partial charge >= 0.3 is 0 Å². The van der Waals surface area contributed by atoms with E-state index < -0.39 is 0 Å². The lowest BCUT2D eigenvalue weighted by Crippen LogP contribution is -2.49. The Kier molecular flexibility index (Phi) is 6.09. The van der Waals surface area contributed by atoms with Gasteiger partial charge in [0.05, 0.1) is 0 Å². The van der Waals surface area contributed by atoms with Crippen LogP contribution in [0, 0.1) is 31.0 Å². The van der Waals surface area contributed by atoms with E-state index >= 15 is 0 Å². The van der Waals surface area contributed by atoms with Gasteiger partial charge in [-0.3, -0.25) is 4.79 Å². The highest BCUT2D eigenvalue weighted by molar-refractivity contribution is 6.02. The first-order valence-corrected chi connectivity index (χ1v) is 10.6. The van der Waals surface area contributed by atoms with E-state index in [0.717, 1.165) is 35.7 Å². The number of nitriles is 1. The van der Waals surface area contributed by atoms with Crippen LogP contribution in [-0.4, -0.2) is 41.6 Å². The maximum Gasteiger partial charge on any atom is 0.264 e. The minimum Gasteiger partial charge on any atom is -0.368 e. The minimum absolute atomic E-state index is 0.109. The number of nitrogens with zero attached hydrogens (tertiary/aromatic N) is 4. The third kappa shape index (κ3) is 4.28. The van der Waals surface area contributed by atoms with Crippen LogP contribution in [-0.2, 0) is 4.79 Å². The molecule has 6 heteroatoms. The Morgan fingerprint density at radius 3 is 2.31 bits per heavy atom. The molecule has 2 heterocycles. The summed E-state index contributed by atoms with van der Waals surface area (Å²) in [7, 11) is 0. The number of anilines is 1. The second-order valence-electron chi connectivity index (χ2n) is 7.93. The minimum atomic E-state index is -0.311. The Hall–Kier alpha value is -3.85. The number of piperazine rings is 1. The van der Waals surface area contributed by atoms with Crippen LogP contribution in [0.3, 0.4) is 0 Å². The maximum atomic E-state index is 13.7. The fourth-order valence-electron chi connectivity index (χ4n) is 4.22. The number of para-hydroxylation sites is 1. The van der Waals surface area contributed by atoms with Gasteiger partial charge in [0.1, 0.15) is 17.5 Å². The zero-order valence-electron chi connectivity index (χ0n) is 18.3. The number of rotatable bonds is 4. The number of hydrogen-bond acceptors (Lipinski definition) is 3. The van der Waals surface area contributed by atoms with Crippen molar-refractivity contribution in [2.45, 2.75) is 13.8 Å². The van der Waals surface area contributed by atoms with Gasteiger partial charge in [0.25, 0.3) is 5.91 Å². The number of benzene rings is 2. The smallest absolute Gasteiger partial charge is 0.264 e. The molecule has 2 aromatic carbocycles. The largest absolute Gasteiger partial charge is 0.368 e. The number of aryl methyl sites for hydroxylation is 1. The zero-order valence-corrected chi connectivity index (χ0v) is 18.3. The SMILES string of the molecule is Cc1cc(/C=C(/C#N)C(=O)N2CCN(c3ccccc3)CC2)c(C)n1-c1cccc(F)c1. The Balaban J connectivity index is 1.53. The lowest BCUT2D eigenvalue weighted by molar-refractivity contribution is -0.126. The van der Waals surface area contributed by atoms with Gasteiger partial charge in [0.2, 0.25) is 0 Å². The van der Waals surface area contributed by atoms with Gasteiger partial charge in [0.15, 0.2) is 0 Å². The normalized spacial score (nSPS) is 14.4. The summed E-state index contributed by atoms with van der Waals surface area (Å²) in [5.74, 6) is -0.564. The van der Waals surface area contributed by atoms with Crippen LogP contribution in [0.5, 0.6) is 0 Å². The molecule has 1 aliphatic heterocycles. The highest BCUT2D eigenvalue weighted by atomic mass is 19.1. The summed E-state index contributed by atoms with van der Waals surface area (Å²) in [6.07, 6.45) is 1.64. The molecule has 0 radical (unpaired) electrons. The molecule has 1 aliphatic rings. The van der Waals surface area contributed by atoms with Crippen molar-refractivity contribution < 1.29 is 9.18 Å². The molecule has 0 N–H and O–H groups in total. The van der Waals surface area contributed by atoms with Crippen LogP contribution in [0.25, 0.3) is 11.8 Å². The second kappa shape index (κ2) is 9.11. The number of carbonyl (C=O) groups excluding carboxylic acids is 1. The summed E-state index contributed by atoms with van der Waals surface area (Å²) in [5, 5.41) is 9.71. The Labute approximate surface area is 187 Å². The van der Waals surface area contributed by atoms with Crippen molar-refractivity contribution in [3.8, 4) is 11.8 Å². The monoisotopic (exact) mass is 428 g/mol. The van der Waals surface area contributed by atoms with Crippen molar-refractivity contribution in [1.82, 2.24) is 9.47 Å². The van der Waals surface area contributed by atoms with Gasteiger partial charge in [-0.25, -0.2) is 4.39 Å². The fraction of sp³-hybridized carbons (Fsp3) is 0.231. The molecule has 1 saturated heterocycles. The van der Waals surface area contributed by atoms with E-state index in [4.69, 9.17) is 0 Å². The van der Waals surface area contributed by atoms with Gasteiger partial charge in [-0.1, -0.05) is 24.3 Å². The summed E-state index contributed by atoms with van der Waals surface area (Å²) < 4.78 is 15.6. The molecule has 1 amide bonds. The standard InChI is InChI=1S/C26H25FN4O/c1-19-15-21(20(2)31(19)25-10-6-7-23(27)17-25)16-22(18-28)26(32)30-13-11-29(12-14-30)24-8-4-3-5-9-24/h3-10,15-17H,11-14H2,1-2H3/b22-16-. The second-order valence-corrected chi connectivity index (χ2v) is 7.93. The first-order valence-electron chi connectivity index (χ1n) is 10.6. The maximum absolute atomic E-state index is 13.7. The fourth-order valence-corrected chi connectivity index (χ4v) is 4.22. The number of aromatic nitrogens is 1. The van der Waals surface area contributed by atoms with E-state index in [-0.39, 0.29) is 17.3 Å². The molecule has 162 valence electrons. The first-order chi connectivity index (χ1) is 15.5. The van der Waals surface area contributed by atoms with Crippen LogP contribution >= 0.6 is 0 Å². The highest BCUT2D eigenvalue weighted by Crippen LogP contribution is 2.24. The van der Waals surface area contributed by atoms with Crippen molar-refractivity contribution in [3.05, 3.63) is 89.0 Å². The van der Waals surface area contributed by atoms with Crippen molar-refractivity contribution in [2.75, 3.05) is 31.1 Å². The first kappa shape index (κ1) is 21.4. The van der Waals surface area contributed by atoms with Gasteiger partial charge in [0, 0.05) is 48.9 Å². The van der Waals surface area contributed by atoms with Crippen LogP contribution in [0.1, 0.15) is 17.0 Å². The number of hydrogen-bond donors (Lipinski definition) is 0. The van der Waals surface area contributed by atoms with Crippen molar-refractivity contribution in [2.24, 2.45) is 0 Å². The van der Waals surface area contributed by atoms with E-state index in [9.17, 15) is 14.4 Å². The molecule has 32 heavy (non-hydrogen) atoms. The summed E-state index contributed by atoms with van der Waals surface area (Å²) in [6, 6.07) is 20.5. The van der Waals surface area contributed by atoms with Crippen LogP contribution in [0.4, 0.5) is 10.1 Å². The Morgan fingerprint density at radius 1 is 0.969 bits per heavy atom. The molecular weight excluding hydrogens is 403 g/mol. The quantitative estimate of drug-likeness (QED) is 0.455. The van der Waals surface area contributed by atoms with Gasteiger partial charge < -0.3 is 14.4 Å². The molecule has 1 fully saturated rings. The lowest BCUT2D eigenvalue weighted by atomic mass is 10.1. The summed E-state index contributed by atoms with van der Waals surface area (Å²) in [5.41, 5.74) is 4.49. The Bertz CT molecular complexity index is 1200. The van der Waals surface area contributed by atoms with Crippen LogP contribution in [0.2, 0.25) is 0 Å². The predicted molar refractivity (Wildman–Crippen MR) is 124 cm³/mol. The van der Waals surface area contributed by atoms with Crippen LogP contribution in [0.15, 0.2) is 66.2 Å². The molecule has 1 aromatic heterocycles. The van der Waals surface area contributed by atoms with Crippen molar-refractivity contribution >= 4 is 17.7 Å². The molecule has 4 rings (SSSR count). The molecule has 0 bridgehead atoms. The third-order valence-electron chi connectivity index (χ3n) is 5.88. The summed E-state index contributed by atoms with van der Waals surface area (Å²) in [6.45, 7) is 6.41. The topological polar surface area (TPSA) is 52.3 Å². The summed E-state index contributed by atoms with van der Waals surface area (Å²) in [4.78, 5) is 17.0. The van der Waals surface area contributed by atoms with Gasteiger partial charge in [-0.2, -0.15) is 5.26 Å². The average Bonchev–Trinajstić information content (AvgIpc) is 3.10. The predicted octanol–water partition coefficient (Wildman–Crippen LogP) is 4.49. The van der Waals surface area contributed by atoms with E-state index in [2.05, 4.69) is 23.1 Å². The molecule has 0 saturated carbocycles. The van der Waals surface area contributed by atoms with E-state index in [1.165, 1.54) is 12.1 Å². The number of halogens is 1. The van der Waals surface area contributed by atoms with E-state index in [0.29, 0.717) is 18.8 Å². The molecule has 0 unspecified atom stereocenters. The molecular formula is C26H25FN4O. The molecule has 3 aromatic rings. The molecule has 0 atom stereocenters. The van der Waals surface area contributed by atoms with Crippen molar-refractivity contribution in [3.63, 3.8) is 0 Å². The van der Waals surface area contributed by atoms with Gasteiger partial charge in [-0.15, -0.1) is 0 Å². The average molecular weight is 429 g/mol. The van der Waals surface area contributed by atoms with Crippen molar-refractivity contribution in [1.29, 1.82) is 5.26 Å². The number of amides is 1. The summed E-state index contributed by atoms with van der Waals surface area (Å²) >= 11 is 0. The molecule has 0 spiro atoms. The molecule has 5 nitrogen and oxygen atoms in total. The molecule has 0 aliphatic carbocycles. The zero-order chi connectivity index (χ0) is 22.7.